The fourth-order valence-corrected chi connectivity index (χ4v) is 3.95. The first-order chi connectivity index (χ1) is 12.9. The van der Waals surface area contributed by atoms with Gasteiger partial charge in [-0.05, 0) is 57.5 Å². The van der Waals surface area contributed by atoms with Crippen molar-refractivity contribution in [3.63, 3.8) is 0 Å². The van der Waals surface area contributed by atoms with E-state index in [1.165, 1.54) is 0 Å². The van der Waals surface area contributed by atoms with Gasteiger partial charge in [0.1, 0.15) is 0 Å². The fourth-order valence-electron chi connectivity index (χ4n) is 3.95. The Morgan fingerprint density at radius 1 is 1.19 bits per heavy atom. The molecule has 0 spiro atoms. The SMILES string of the molecule is Cc1cc(NC(=O)CCC(C)N2CCN(C)CC2)ccc1N1CCCC1=O. The summed E-state index contributed by atoms with van der Waals surface area (Å²) in [4.78, 5) is 31.0. The molecule has 0 bridgehead atoms. The largest absolute Gasteiger partial charge is 0.326 e. The van der Waals surface area contributed by atoms with E-state index in [4.69, 9.17) is 0 Å². The van der Waals surface area contributed by atoms with Crippen LogP contribution in [-0.2, 0) is 9.59 Å². The maximum atomic E-state index is 12.4. The van der Waals surface area contributed by atoms with E-state index in [1.54, 1.807) is 0 Å². The van der Waals surface area contributed by atoms with Crippen LogP contribution in [0.5, 0.6) is 0 Å². The Labute approximate surface area is 162 Å². The third-order valence-electron chi connectivity index (χ3n) is 5.80. The molecular formula is C21H32N4O2. The van der Waals surface area contributed by atoms with E-state index in [-0.39, 0.29) is 11.8 Å². The van der Waals surface area contributed by atoms with Crippen molar-refractivity contribution in [3.05, 3.63) is 23.8 Å². The van der Waals surface area contributed by atoms with Crippen molar-refractivity contribution in [2.45, 2.75) is 45.6 Å². The second-order valence-electron chi connectivity index (χ2n) is 7.93. The maximum absolute atomic E-state index is 12.4. The van der Waals surface area contributed by atoms with Crippen molar-refractivity contribution in [2.24, 2.45) is 0 Å². The number of nitrogens with zero attached hydrogens (tertiary/aromatic N) is 3. The van der Waals surface area contributed by atoms with Gasteiger partial charge >= 0.3 is 0 Å². The second-order valence-corrected chi connectivity index (χ2v) is 7.93. The zero-order chi connectivity index (χ0) is 19.4. The van der Waals surface area contributed by atoms with Gasteiger partial charge in [-0.3, -0.25) is 14.5 Å². The molecule has 2 heterocycles. The van der Waals surface area contributed by atoms with E-state index < -0.39 is 0 Å². The van der Waals surface area contributed by atoms with Crippen molar-refractivity contribution in [3.8, 4) is 0 Å². The normalized spacial score (nSPS) is 20.1. The summed E-state index contributed by atoms with van der Waals surface area (Å²) in [5.74, 6) is 0.244. The highest BCUT2D eigenvalue weighted by Crippen LogP contribution is 2.27. The summed E-state index contributed by atoms with van der Waals surface area (Å²) in [5, 5.41) is 3.01. The number of rotatable bonds is 6. The number of aryl methyl sites for hydroxylation is 1. The molecule has 6 heteroatoms. The monoisotopic (exact) mass is 372 g/mol. The van der Waals surface area contributed by atoms with Gasteiger partial charge in [-0.25, -0.2) is 0 Å². The van der Waals surface area contributed by atoms with Crippen LogP contribution in [0.3, 0.4) is 0 Å². The van der Waals surface area contributed by atoms with Crippen LogP contribution in [0.2, 0.25) is 0 Å². The van der Waals surface area contributed by atoms with Crippen LogP contribution < -0.4 is 10.2 Å². The summed E-state index contributed by atoms with van der Waals surface area (Å²) < 4.78 is 0. The van der Waals surface area contributed by atoms with Gasteiger partial charge in [-0.15, -0.1) is 0 Å². The quantitative estimate of drug-likeness (QED) is 0.834. The molecule has 148 valence electrons. The number of carbonyl (C=O) groups is 2. The van der Waals surface area contributed by atoms with Crippen LogP contribution in [0.25, 0.3) is 0 Å². The smallest absolute Gasteiger partial charge is 0.227 e. The minimum absolute atomic E-state index is 0.0559. The highest BCUT2D eigenvalue weighted by atomic mass is 16.2. The van der Waals surface area contributed by atoms with Gasteiger partial charge in [0.2, 0.25) is 11.8 Å². The first-order valence-electron chi connectivity index (χ1n) is 10.1. The number of anilines is 2. The zero-order valence-corrected chi connectivity index (χ0v) is 16.8. The van der Waals surface area contributed by atoms with Crippen molar-refractivity contribution in [1.82, 2.24) is 9.80 Å². The predicted octanol–water partition coefficient (Wildman–Crippen LogP) is 2.48. The van der Waals surface area contributed by atoms with Crippen LogP contribution >= 0.6 is 0 Å². The molecule has 1 unspecified atom stereocenters. The molecule has 0 aliphatic carbocycles. The summed E-state index contributed by atoms with van der Waals surface area (Å²) in [5.41, 5.74) is 2.79. The zero-order valence-electron chi connectivity index (χ0n) is 16.8. The Hall–Kier alpha value is -1.92. The third-order valence-corrected chi connectivity index (χ3v) is 5.80. The number of carbonyl (C=O) groups excluding carboxylic acids is 2. The van der Waals surface area contributed by atoms with Gasteiger partial charge in [0.15, 0.2) is 0 Å². The molecule has 1 aromatic carbocycles. The molecule has 1 N–H and O–H groups in total. The van der Waals surface area contributed by atoms with Gasteiger partial charge in [-0.1, -0.05) is 0 Å². The predicted molar refractivity (Wildman–Crippen MR) is 109 cm³/mol. The summed E-state index contributed by atoms with van der Waals surface area (Å²) in [6.07, 6.45) is 2.94. The molecule has 0 radical (unpaired) electrons. The fraction of sp³-hybridized carbons (Fsp3) is 0.619. The van der Waals surface area contributed by atoms with Gasteiger partial charge < -0.3 is 15.1 Å². The van der Waals surface area contributed by atoms with E-state index in [0.29, 0.717) is 18.9 Å². The lowest BCUT2D eigenvalue weighted by Gasteiger charge is -2.36. The molecule has 1 atom stereocenters. The highest BCUT2D eigenvalue weighted by Gasteiger charge is 2.23. The summed E-state index contributed by atoms with van der Waals surface area (Å²) in [6.45, 7) is 9.35. The summed E-state index contributed by atoms with van der Waals surface area (Å²) in [6, 6.07) is 6.23. The number of piperazine rings is 1. The number of nitrogens with one attached hydrogen (secondary N) is 1. The summed E-state index contributed by atoms with van der Waals surface area (Å²) in [7, 11) is 2.16. The minimum atomic E-state index is 0.0559. The molecule has 2 saturated heterocycles. The lowest BCUT2D eigenvalue weighted by atomic mass is 10.1. The molecule has 2 amide bonds. The molecule has 2 aliphatic rings. The molecule has 2 aliphatic heterocycles. The van der Waals surface area contributed by atoms with E-state index in [9.17, 15) is 9.59 Å². The Balaban J connectivity index is 1.49. The highest BCUT2D eigenvalue weighted by molar-refractivity contribution is 5.97. The molecule has 2 fully saturated rings. The average Bonchev–Trinajstić information content (AvgIpc) is 3.06. The van der Waals surface area contributed by atoms with Gasteiger partial charge in [0.25, 0.3) is 0 Å². The Kier molecular flexibility index (Phi) is 6.50. The molecule has 0 saturated carbocycles. The molecule has 3 rings (SSSR count). The second kappa shape index (κ2) is 8.85. The van der Waals surface area contributed by atoms with Gasteiger partial charge in [0, 0.05) is 63.0 Å². The maximum Gasteiger partial charge on any atom is 0.227 e. The number of benzene rings is 1. The molecule has 0 aromatic heterocycles. The van der Waals surface area contributed by atoms with Crippen LogP contribution in [0.1, 0.15) is 38.2 Å². The number of amides is 2. The standard InChI is InChI=1S/C21H32N4O2/c1-16-15-18(7-8-19(16)25-10-4-5-21(25)27)22-20(26)9-6-17(2)24-13-11-23(3)12-14-24/h7-8,15,17H,4-6,9-14H2,1-3H3,(H,22,26). The number of hydrogen-bond acceptors (Lipinski definition) is 4. The summed E-state index contributed by atoms with van der Waals surface area (Å²) >= 11 is 0. The van der Waals surface area contributed by atoms with E-state index >= 15 is 0 Å². The molecular weight excluding hydrogens is 340 g/mol. The first-order valence-corrected chi connectivity index (χ1v) is 10.1. The van der Waals surface area contributed by atoms with Crippen LogP contribution in [0.15, 0.2) is 18.2 Å². The Bertz CT molecular complexity index is 683. The topological polar surface area (TPSA) is 55.9 Å². The van der Waals surface area contributed by atoms with E-state index in [0.717, 1.165) is 62.5 Å². The van der Waals surface area contributed by atoms with Crippen molar-refractivity contribution < 1.29 is 9.59 Å². The van der Waals surface area contributed by atoms with E-state index in [1.807, 2.05) is 30.0 Å². The number of likely N-dealkylation sites (N-methyl/N-ethyl adjacent to an activating group) is 1. The number of hydrogen-bond donors (Lipinski definition) is 1. The van der Waals surface area contributed by atoms with Crippen molar-refractivity contribution >= 4 is 23.2 Å². The first kappa shape index (κ1) is 19.8. The lowest BCUT2D eigenvalue weighted by molar-refractivity contribution is -0.117. The molecule has 6 nitrogen and oxygen atoms in total. The molecule has 1 aromatic rings. The minimum Gasteiger partial charge on any atom is -0.326 e. The third kappa shape index (κ3) is 5.08. The van der Waals surface area contributed by atoms with E-state index in [2.05, 4.69) is 29.1 Å². The molecule has 27 heavy (non-hydrogen) atoms. The average molecular weight is 373 g/mol. The van der Waals surface area contributed by atoms with Crippen molar-refractivity contribution in [1.29, 1.82) is 0 Å². The van der Waals surface area contributed by atoms with Crippen LogP contribution in [0.4, 0.5) is 11.4 Å². The Morgan fingerprint density at radius 2 is 1.93 bits per heavy atom. The van der Waals surface area contributed by atoms with Crippen LogP contribution in [0, 0.1) is 6.92 Å². The van der Waals surface area contributed by atoms with Crippen molar-refractivity contribution in [2.75, 3.05) is 50.0 Å². The Morgan fingerprint density at radius 3 is 2.56 bits per heavy atom. The van der Waals surface area contributed by atoms with Gasteiger partial charge in [-0.2, -0.15) is 0 Å². The van der Waals surface area contributed by atoms with Gasteiger partial charge in [0.05, 0.1) is 0 Å². The van der Waals surface area contributed by atoms with Crippen LogP contribution in [-0.4, -0.2) is 67.4 Å². The lowest BCUT2D eigenvalue weighted by Crippen LogP contribution is -2.48.